The molecule has 1 heterocycles. The van der Waals surface area contributed by atoms with Crippen molar-refractivity contribution >= 4 is 11.8 Å². The molecule has 1 aliphatic carbocycles. The fourth-order valence-corrected chi connectivity index (χ4v) is 2.50. The van der Waals surface area contributed by atoms with Gasteiger partial charge in [-0.25, -0.2) is 0 Å². The Balaban J connectivity index is 2.07. The van der Waals surface area contributed by atoms with E-state index in [4.69, 9.17) is 0 Å². The average molecular weight is 332 g/mol. The summed E-state index contributed by atoms with van der Waals surface area (Å²) in [5.74, 6) is -3.39. The van der Waals surface area contributed by atoms with Gasteiger partial charge in [-0.1, -0.05) is 0 Å². The summed E-state index contributed by atoms with van der Waals surface area (Å²) in [5.41, 5.74) is 0. The van der Waals surface area contributed by atoms with Gasteiger partial charge in [0.15, 0.2) is 0 Å². The molecule has 1 saturated heterocycles. The number of carbonyl (C=O) groups is 2. The molecule has 10 heteroatoms. The summed E-state index contributed by atoms with van der Waals surface area (Å²) >= 11 is 0. The highest BCUT2D eigenvalue weighted by Gasteiger charge is 2.51. The Morgan fingerprint density at radius 3 is 2.00 bits per heavy atom. The number of halogens is 6. The average Bonchev–Trinajstić information content (AvgIpc) is 3.19. The zero-order chi connectivity index (χ0) is 16.7. The number of hydrogen-bond acceptors (Lipinski definition) is 2. The molecule has 2 amide bonds. The van der Waals surface area contributed by atoms with E-state index < -0.39 is 55.1 Å². The summed E-state index contributed by atoms with van der Waals surface area (Å²) in [4.78, 5) is 23.4. The second-order valence-electron chi connectivity index (χ2n) is 5.57. The van der Waals surface area contributed by atoms with Crippen LogP contribution in [0, 0.1) is 5.92 Å². The van der Waals surface area contributed by atoms with E-state index in [2.05, 4.69) is 0 Å². The molecule has 0 aromatic rings. The van der Waals surface area contributed by atoms with Gasteiger partial charge in [0, 0.05) is 18.5 Å². The van der Waals surface area contributed by atoms with Gasteiger partial charge in [0.25, 0.3) is 0 Å². The van der Waals surface area contributed by atoms with Gasteiger partial charge < -0.3 is 10.2 Å². The van der Waals surface area contributed by atoms with Crippen molar-refractivity contribution in [3.05, 3.63) is 0 Å². The van der Waals surface area contributed by atoms with Crippen molar-refractivity contribution < 1.29 is 35.9 Å². The molecule has 126 valence electrons. The normalized spacial score (nSPS) is 26.7. The summed E-state index contributed by atoms with van der Waals surface area (Å²) in [5, 5.41) is 1.65. The number of alkyl halides is 6. The molecular formula is C12H14F6N2O2. The van der Waals surface area contributed by atoms with Crippen molar-refractivity contribution in [2.45, 2.75) is 50.1 Å². The molecule has 0 spiro atoms. The standard InChI is InChI=1S/C12H14F6N2O2/c13-11(14,15)8-4-3-7(19-10(22)12(16,17)18)5-20(8)9(21)6-1-2-6/h6-8H,1-5H2,(H,19,22)/t7-,8+/m1/s1. The van der Waals surface area contributed by atoms with Crippen molar-refractivity contribution in [2.24, 2.45) is 5.92 Å². The maximum atomic E-state index is 13.0. The number of carbonyl (C=O) groups excluding carboxylic acids is 2. The molecule has 1 aliphatic heterocycles. The molecule has 0 aromatic carbocycles. The van der Waals surface area contributed by atoms with Gasteiger partial charge in [0.1, 0.15) is 6.04 Å². The second-order valence-corrected chi connectivity index (χ2v) is 5.57. The molecule has 2 atom stereocenters. The number of piperidine rings is 1. The Morgan fingerprint density at radius 1 is 0.955 bits per heavy atom. The van der Waals surface area contributed by atoms with Crippen LogP contribution in [-0.4, -0.2) is 47.7 Å². The van der Waals surface area contributed by atoms with Crippen LogP contribution >= 0.6 is 0 Å². The minimum Gasteiger partial charge on any atom is -0.344 e. The van der Waals surface area contributed by atoms with E-state index in [0.29, 0.717) is 17.7 Å². The van der Waals surface area contributed by atoms with Crippen LogP contribution in [0.5, 0.6) is 0 Å². The van der Waals surface area contributed by atoms with E-state index in [-0.39, 0.29) is 6.42 Å². The predicted octanol–water partition coefficient (Wildman–Crippen LogP) is 2.00. The fraction of sp³-hybridized carbons (Fsp3) is 0.833. The third-order valence-corrected chi connectivity index (χ3v) is 3.76. The lowest BCUT2D eigenvalue weighted by molar-refractivity contribution is -0.199. The zero-order valence-electron chi connectivity index (χ0n) is 11.3. The van der Waals surface area contributed by atoms with E-state index in [0.717, 1.165) is 0 Å². The van der Waals surface area contributed by atoms with E-state index >= 15 is 0 Å². The van der Waals surface area contributed by atoms with E-state index in [9.17, 15) is 35.9 Å². The maximum Gasteiger partial charge on any atom is 0.471 e. The molecule has 22 heavy (non-hydrogen) atoms. The number of amides is 2. The smallest absolute Gasteiger partial charge is 0.344 e. The van der Waals surface area contributed by atoms with Crippen LogP contribution in [0.2, 0.25) is 0 Å². The Morgan fingerprint density at radius 2 is 1.55 bits per heavy atom. The Labute approximate surface area is 121 Å². The molecule has 1 saturated carbocycles. The summed E-state index contributed by atoms with van der Waals surface area (Å²) in [6, 6.07) is -3.13. The molecular weight excluding hydrogens is 318 g/mol. The van der Waals surface area contributed by atoms with Crippen molar-refractivity contribution in [3.63, 3.8) is 0 Å². The van der Waals surface area contributed by atoms with Crippen LogP contribution in [0.3, 0.4) is 0 Å². The third kappa shape index (κ3) is 3.83. The Hall–Kier alpha value is -1.48. The molecule has 0 aromatic heterocycles. The van der Waals surface area contributed by atoms with Crippen LogP contribution < -0.4 is 5.32 Å². The summed E-state index contributed by atoms with van der Waals surface area (Å²) in [6.07, 6.45) is -9.56. The number of rotatable bonds is 2. The Bertz CT molecular complexity index is 458. The molecule has 0 unspecified atom stereocenters. The SMILES string of the molecule is O=C(C1CC1)N1C[C@H](NC(=O)C(F)(F)F)CC[C@H]1C(F)(F)F. The van der Waals surface area contributed by atoms with Crippen LogP contribution in [0.15, 0.2) is 0 Å². The lowest BCUT2D eigenvalue weighted by atomic mass is 9.97. The highest BCUT2D eigenvalue weighted by atomic mass is 19.4. The zero-order valence-corrected chi connectivity index (χ0v) is 11.3. The second kappa shape index (κ2) is 5.62. The van der Waals surface area contributed by atoms with E-state index in [1.807, 2.05) is 0 Å². The molecule has 2 rings (SSSR count). The molecule has 2 fully saturated rings. The largest absolute Gasteiger partial charge is 0.471 e. The van der Waals surface area contributed by atoms with Crippen LogP contribution in [0.1, 0.15) is 25.7 Å². The molecule has 4 nitrogen and oxygen atoms in total. The third-order valence-electron chi connectivity index (χ3n) is 3.76. The van der Waals surface area contributed by atoms with Gasteiger partial charge in [-0.05, 0) is 25.7 Å². The predicted molar refractivity (Wildman–Crippen MR) is 61.5 cm³/mol. The van der Waals surface area contributed by atoms with Crippen molar-refractivity contribution in [1.82, 2.24) is 10.2 Å². The van der Waals surface area contributed by atoms with Gasteiger partial charge in [-0.2, -0.15) is 26.3 Å². The van der Waals surface area contributed by atoms with Crippen LogP contribution in [0.4, 0.5) is 26.3 Å². The number of nitrogens with one attached hydrogen (secondary N) is 1. The lowest BCUT2D eigenvalue weighted by Crippen LogP contribution is -2.59. The highest BCUT2D eigenvalue weighted by Crippen LogP contribution is 2.37. The molecule has 0 bridgehead atoms. The number of hydrogen-bond donors (Lipinski definition) is 1. The fourth-order valence-electron chi connectivity index (χ4n) is 2.50. The van der Waals surface area contributed by atoms with Crippen LogP contribution in [-0.2, 0) is 9.59 Å². The van der Waals surface area contributed by atoms with Crippen molar-refractivity contribution in [2.75, 3.05) is 6.54 Å². The topological polar surface area (TPSA) is 49.4 Å². The lowest BCUT2D eigenvalue weighted by Gasteiger charge is -2.40. The molecule has 0 radical (unpaired) electrons. The van der Waals surface area contributed by atoms with Crippen molar-refractivity contribution in [1.29, 1.82) is 0 Å². The first-order chi connectivity index (χ1) is 10.00. The number of nitrogens with zero attached hydrogens (tertiary/aromatic N) is 1. The molecule has 1 N–H and O–H groups in total. The first-order valence-electron chi connectivity index (χ1n) is 6.75. The maximum absolute atomic E-state index is 13.0. The van der Waals surface area contributed by atoms with Gasteiger partial charge in [-0.15, -0.1) is 0 Å². The minimum absolute atomic E-state index is 0.263. The van der Waals surface area contributed by atoms with Crippen molar-refractivity contribution in [3.8, 4) is 0 Å². The first kappa shape index (κ1) is 16.9. The molecule has 2 aliphatic rings. The summed E-state index contributed by atoms with van der Waals surface area (Å²) in [7, 11) is 0. The number of likely N-dealkylation sites (tertiary alicyclic amines) is 1. The monoisotopic (exact) mass is 332 g/mol. The highest BCUT2D eigenvalue weighted by molar-refractivity contribution is 5.83. The summed E-state index contributed by atoms with van der Waals surface area (Å²) < 4.78 is 75.4. The van der Waals surface area contributed by atoms with Gasteiger partial charge in [0.05, 0.1) is 0 Å². The van der Waals surface area contributed by atoms with E-state index in [1.54, 1.807) is 5.32 Å². The van der Waals surface area contributed by atoms with Gasteiger partial charge >= 0.3 is 18.3 Å². The first-order valence-corrected chi connectivity index (χ1v) is 6.75. The van der Waals surface area contributed by atoms with Gasteiger partial charge in [-0.3, -0.25) is 9.59 Å². The van der Waals surface area contributed by atoms with Gasteiger partial charge in [0.2, 0.25) is 5.91 Å². The Kier molecular flexibility index (Phi) is 4.31. The quantitative estimate of drug-likeness (QED) is 0.787. The van der Waals surface area contributed by atoms with E-state index in [1.165, 1.54) is 0 Å². The summed E-state index contributed by atoms with van der Waals surface area (Å²) in [6.45, 7) is -0.554. The van der Waals surface area contributed by atoms with Crippen LogP contribution in [0.25, 0.3) is 0 Å². The minimum atomic E-state index is -5.10.